The molecule has 1 aliphatic rings. The predicted molar refractivity (Wildman–Crippen MR) is 83.3 cm³/mol. The van der Waals surface area contributed by atoms with Crippen LogP contribution in [0.15, 0.2) is 24.3 Å². The molecular formula is C17H16O7. The van der Waals surface area contributed by atoms with Crippen molar-refractivity contribution in [2.45, 2.75) is 12.5 Å². The molecule has 2 aromatic carbocycles. The lowest BCUT2D eigenvalue weighted by atomic mass is 9.95. The summed E-state index contributed by atoms with van der Waals surface area (Å²) in [5.74, 6) is -0.984. The maximum Gasteiger partial charge on any atom is 0.203 e. The number of fused-ring (bicyclic) bond motifs is 1. The molecule has 0 radical (unpaired) electrons. The van der Waals surface area contributed by atoms with Crippen molar-refractivity contribution in [3.63, 3.8) is 0 Å². The molecule has 126 valence electrons. The van der Waals surface area contributed by atoms with Crippen LogP contribution < -0.4 is 14.2 Å². The Hall–Kier alpha value is -3.09. The molecule has 0 amide bonds. The van der Waals surface area contributed by atoms with Gasteiger partial charge < -0.3 is 29.5 Å². The van der Waals surface area contributed by atoms with E-state index < -0.39 is 11.9 Å². The maximum atomic E-state index is 12.4. The van der Waals surface area contributed by atoms with Crippen molar-refractivity contribution in [3.05, 3.63) is 35.4 Å². The number of benzene rings is 2. The van der Waals surface area contributed by atoms with Gasteiger partial charge in [0.2, 0.25) is 5.75 Å². The SMILES string of the molecule is COc1cc(C2CC(=O)c3c(cc(O)c(OC)c3O)O2)ccc1O. The monoisotopic (exact) mass is 332 g/mol. The summed E-state index contributed by atoms with van der Waals surface area (Å²) < 4.78 is 15.7. The number of rotatable bonds is 3. The third-order valence-corrected chi connectivity index (χ3v) is 3.90. The topological polar surface area (TPSA) is 105 Å². The van der Waals surface area contributed by atoms with Crippen LogP contribution in [0.4, 0.5) is 0 Å². The molecule has 1 heterocycles. The van der Waals surface area contributed by atoms with Crippen molar-refractivity contribution in [2.75, 3.05) is 14.2 Å². The summed E-state index contributed by atoms with van der Waals surface area (Å²) in [6, 6.07) is 5.86. The molecule has 24 heavy (non-hydrogen) atoms. The molecule has 1 atom stereocenters. The first-order chi connectivity index (χ1) is 11.5. The highest BCUT2D eigenvalue weighted by Crippen LogP contribution is 2.48. The molecule has 3 rings (SSSR count). The van der Waals surface area contributed by atoms with E-state index >= 15 is 0 Å². The van der Waals surface area contributed by atoms with Gasteiger partial charge in [0, 0.05) is 6.07 Å². The Labute approximate surface area is 137 Å². The van der Waals surface area contributed by atoms with Crippen molar-refractivity contribution < 1.29 is 34.3 Å². The van der Waals surface area contributed by atoms with Gasteiger partial charge in [-0.15, -0.1) is 0 Å². The average Bonchev–Trinajstić information content (AvgIpc) is 2.54. The molecule has 1 unspecified atom stereocenters. The lowest BCUT2D eigenvalue weighted by Gasteiger charge is -2.27. The maximum absolute atomic E-state index is 12.4. The van der Waals surface area contributed by atoms with Gasteiger partial charge in [-0.1, -0.05) is 6.07 Å². The Balaban J connectivity index is 2.02. The molecule has 7 nitrogen and oxygen atoms in total. The quantitative estimate of drug-likeness (QED) is 0.793. The number of aromatic hydroxyl groups is 3. The van der Waals surface area contributed by atoms with Crippen LogP contribution in [0.25, 0.3) is 0 Å². The van der Waals surface area contributed by atoms with Crippen LogP contribution in [-0.4, -0.2) is 35.3 Å². The summed E-state index contributed by atoms with van der Waals surface area (Å²) in [4.78, 5) is 12.4. The number of carbonyl (C=O) groups excluding carboxylic acids is 1. The van der Waals surface area contributed by atoms with Gasteiger partial charge in [0.15, 0.2) is 28.8 Å². The number of ether oxygens (including phenoxy) is 3. The Morgan fingerprint density at radius 2 is 1.83 bits per heavy atom. The highest BCUT2D eigenvalue weighted by molar-refractivity contribution is 6.03. The normalized spacial score (nSPS) is 16.2. The van der Waals surface area contributed by atoms with Crippen LogP contribution in [0, 0.1) is 0 Å². The first kappa shape index (κ1) is 15.8. The Kier molecular flexibility index (Phi) is 3.84. The van der Waals surface area contributed by atoms with Crippen LogP contribution in [0.5, 0.6) is 34.5 Å². The number of carbonyl (C=O) groups is 1. The molecule has 0 fully saturated rings. The number of Topliss-reactive ketones (excluding diaryl/α,β-unsaturated/α-hetero) is 1. The minimum atomic E-state index is -0.633. The van der Waals surface area contributed by atoms with Crippen molar-refractivity contribution >= 4 is 5.78 Å². The van der Waals surface area contributed by atoms with E-state index in [4.69, 9.17) is 14.2 Å². The molecule has 2 aromatic rings. The molecule has 1 aliphatic heterocycles. The summed E-state index contributed by atoms with van der Waals surface area (Å²) in [5, 5.41) is 29.7. The second-order valence-electron chi connectivity index (χ2n) is 5.32. The van der Waals surface area contributed by atoms with Gasteiger partial charge in [-0.2, -0.15) is 0 Å². The summed E-state index contributed by atoms with van der Waals surface area (Å²) in [6.45, 7) is 0. The fourth-order valence-electron chi connectivity index (χ4n) is 2.72. The van der Waals surface area contributed by atoms with E-state index in [1.165, 1.54) is 26.4 Å². The molecule has 0 bridgehead atoms. The van der Waals surface area contributed by atoms with E-state index in [-0.39, 0.29) is 46.5 Å². The van der Waals surface area contributed by atoms with Crippen LogP contribution in [0.2, 0.25) is 0 Å². The van der Waals surface area contributed by atoms with Gasteiger partial charge in [-0.25, -0.2) is 0 Å². The molecule has 0 saturated carbocycles. The minimum absolute atomic E-state index is 0.0115. The van der Waals surface area contributed by atoms with E-state index in [0.717, 1.165) is 0 Å². The zero-order valence-corrected chi connectivity index (χ0v) is 13.1. The molecule has 7 heteroatoms. The van der Waals surface area contributed by atoms with Gasteiger partial charge in [0.05, 0.1) is 20.6 Å². The first-order valence-corrected chi connectivity index (χ1v) is 7.16. The van der Waals surface area contributed by atoms with Crippen LogP contribution in [0.3, 0.4) is 0 Å². The lowest BCUT2D eigenvalue weighted by Crippen LogP contribution is -2.20. The highest BCUT2D eigenvalue weighted by Gasteiger charge is 2.33. The fourth-order valence-corrected chi connectivity index (χ4v) is 2.72. The van der Waals surface area contributed by atoms with Gasteiger partial charge in [0.25, 0.3) is 0 Å². The number of hydrogen-bond acceptors (Lipinski definition) is 7. The molecule has 0 spiro atoms. The number of phenols is 3. The Morgan fingerprint density at radius 1 is 1.08 bits per heavy atom. The Bertz CT molecular complexity index is 813. The number of hydrogen-bond donors (Lipinski definition) is 3. The van der Waals surface area contributed by atoms with Crippen LogP contribution in [-0.2, 0) is 0 Å². The third-order valence-electron chi connectivity index (χ3n) is 3.90. The molecule has 0 saturated heterocycles. The summed E-state index contributed by atoms with van der Waals surface area (Å²) in [7, 11) is 2.70. The van der Waals surface area contributed by atoms with Gasteiger partial charge in [-0.3, -0.25) is 4.79 Å². The zero-order chi connectivity index (χ0) is 17.4. The lowest BCUT2D eigenvalue weighted by molar-refractivity contribution is 0.0843. The van der Waals surface area contributed by atoms with E-state index in [1.54, 1.807) is 12.1 Å². The van der Waals surface area contributed by atoms with Crippen molar-refractivity contribution in [3.8, 4) is 34.5 Å². The summed E-state index contributed by atoms with van der Waals surface area (Å²) in [6.07, 6.45) is -0.644. The molecule has 0 aliphatic carbocycles. The van der Waals surface area contributed by atoms with Crippen molar-refractivity contribution in [1.82, 2.24) is 0 Å². The van der Waals surface area contributed by atoms with E-state index in [1.807, 2.05) is 0 Å². The Morgan fingerprint density at radius 3 is 2.50 bits per heavy atom. The largest absolute Gasteiger partial charge is 0.504 e. The molecule has 3 N–H and O–H groups in total. The standard InChI is InChI=1S/C17H16O7/c1-22-13-5-8(3-4-9(13)18)12-6-10(19)15-14(24-12)7-11(20)17(23-2)16(15)21/h3-5,7,12,18,20-21H,6H2,1-2H3. The third kappa shape index (κ3) is 2.44. The van der Waals surface area contributed by atoms with Gasteiger partial charge >= 0.3 is 0 Å². The van der Waals surface area contributed by atoms with Crippen molar-refractivity contribution in [2.24, 2.45) is 0 Å². The number of phenolic OH excluding ortho intramolecular Hbond substituents is 3. The number of methoxy groups -OCH3 is 2. The molecule has 0 aromatic heterocycles. The average molecular weight is 332 g/mol. The van der Waals surface area contributed by atoms with E-state index in [2.05, 4.69) is 0 Å². The number of ketones is 1. The predicted octanol–water partition coefficient (Wildman–Crippen LogP) is 2.53. The fraction of sp³-hybridized carbons (Fsp3) is 0.235. The molecular weight excluding hydrogens is 316 g/mol. The second kappa shape index (κ2) is 5.84. The van der Waals surface area contributed by atoms with Crippen molar-refractivity contribution in [1.29, 1.82) is 0 Å². The first-order valence-electron chi connectivity index (χ1n) is 7.16. The van der Waals surface area contributed by atoms with E-state index in [0.29, 0.717) is 5.56 Å². The summed E-state index contributed by atoms with van der Waals surface area (Å²) in [5.41, 5.74) is 0.602. The minimum Gasteiger partial charge on any atom is -0.504 e. The summed E-state index contributed by atoms with van der Waals surface area (Å²) >= 11 is 0. The van der Waals surface area contributed by atoms with Crippen LogP contribution >= 0.6 is 0 Å². The highest BCUT2D eigenvalue weighted by atomic mass is 16.5. The zero-order valence-electron chi connectivity index (χ0n) is 13.1. The van der Waals surface area contributed by atoms with E-state index in [9.17, 15) is 20.1 Å². The van der Waals surface area contributed by atoms with Gasteiger partial charge in [-0.05, 0) is 17.7 Å². The van der Waals surface area contributed by atoms with Gasteiger partial charge in [0.1, 0.15) is 17.4 Å². The van der Waals surface area contributed by atoms with Crippen LogP contribution in [0.1, 0.15) is 28.4 Å². The smallest absolute Gasteiger partial charge is 0.203 e. The second-order valence-corrected chi connectivity index (χ2v) is 5.32.